The second-order valence-electron chi connectivity index (χ2n) is 5.55. The van der Waals surface area contributed by atoms with Gasteiger partial charge in [0.05, 0.1) is 0 Å². The van der Waals surface area contributed by atoms with Crippen molar-refractivity contribution in [2.75, 3.05) is 13.1 Å². The largest absolute Gasteiger partial charge is 0.330 e. The number of hydrogen-bond acceptors (Lipinski definition) is 2. The highest BCUT2D eigenvalue weighted by Crippen LogP contribution is 2.34. The molecule has 1 fully saturated rings. The maximum Gasteiger partial charge on any atom is 0.0322 e. The Bertz CT molecular complexity index is 390. The molecule has 1 saturated carbocycles. The summed E-state index contributed by atoms with van der Waals surface area (Å²) in [5.74, 6) is 0.686. The highest BCUT2D eigenvalue weighted by atomic mass is 127. The number of nitrogens with zero attached hydrogens (tertiary/aromatic N) is 1. The van der Waals surface area contributed by atoms with E-state index in [2.05, 4.69) is 65.6 Å². The fraction of sp³-hybridized carbons (Fsp3) is 0.625. The Morgan fingerprint density at radius 3 is 2.58 bits per heavy atom. The molecule has 2 nitrogen and oxygen atoms in total. The van der Waals surface area contributed by atoms with Crippen molar-refractivity contribution in [1.82, 2.24) is 4.90 Å². The monoisotopic (exact) mass is 372 g/mol. The third-order valence-corrected chi connectivity index (χ3v) is 5.28. The Balaban J connectivity index is 2.14. The Morgan fingerprint density at radius 1 is 1.32 bits per heavy atom. The molecule has 0 aliphatic heterocycles. The first-order chi connectivity index (χ1) is 9.17. The van der Waals surface area contributed by atoms with E-state index in [0.717, 1.165) is 13.1 Å². The first-order valence-corrected chi connectivity index (χ1v) is 8.46. The molecule has 0 saturated heterocycles. The van der Waals surface area contributed by atoms with Gasteiger partial charge in [-0.3, -0.25) is 4.90 Å². The van der Waals surface area contributed by atoms with Gasteiger partial charge in [-0.2, -0.15) is 0 Å². The Kier molecular flexibility index (Phi) is 5.66. The van der Waals surface area contributed by atoms with Crippen LogP contribution in [-0.4, -0.2) is 24.0 Å². The third-order valence-electron chi connectivity index (χ3n) is 4.56. The highest BCUT2D eigenvalue weighted by molar-refractivity contribution is 14.1. The van der Waals surface area contributed by atoms with Crippen LogP contribution in [0.4, 0.5) is 0 Å². The number of rotatable bonds is 5. The summed E-state index contributed by atoms with van der Waals surface area (Å²) >= 11 is 2.36. The standard InChI is InChI=1S/C16H25IN2/c1-3-19(16-6-4-5-14(16)11-18)12(2)13-7-9-15(17)10-8-13/h7-10,12,14,16H,3-6,11,18H2,1-2H3. The zero-order valence-electron chi connectivity index (χ0n) is 12.0. The fourth-order valence-electron chi connectivity index (χ4n) is 3.46. The first kappa shape index (κ1) is 15.3. The molecule has 19 heavy (non-hydrogen) atoms. The smallest absolute Gasteiger partial charge is 0.0322 e. The van der Waals surface area contributed by atoms with Gasteiger partial charge in [0, 0.05) is 15.7 Å². The van der Waals surface area contributed by atoms with Crippen LogP contribution in [0.3, 0.4) is 0 Å². The summed E-state index contributed by atoms with van der Waals surface area (Å²) in [6, 6.07) is 10.1. The summed E-state index contributed by atoms with van der Waals surface area (Å²) in [6.07, 6.45) is 3.95. The summed E-state index contributed by atoms with van der Waals surface area (Å²) in [5.41, 5.74) is 7.37. The van der Waals surface area contributed by atoms with Crippen molar-refractivity contribution < 1.29 is 0 Å². The quantitative estimate of drug-likeness (QED) is 0.797. The van der Waals surface area contributed by atoms with E-state index in [9.17, 15) is 0 Å². The van der Waals surface area contributed by atoms with Crippen molar-refractivity contribution in [2.24, 2.45) is 11.7 Å². The van der Waals surface area contributed by atoms with Crippen molar-refractivity contribution in [3.63, 3.8) is 0 Å². The molecule has 1 aromatic carbocycles. The molecule has 3 heteroatoms. The van der Waals surface area contributed by atoms with Crippen molar-refractivity contribution in [2.45, 2.75) is 45.2 Å². The van der Waals surface area contributed by atoms with E-state index < -0.39 is 0 Å². The number of benzene rings is 1. The summed E-state index contributed by atoms with van der Waals surface area (Å²) in [4.78, 5) is 2.65. The van der Waals surface area contributed by atoms with Crippen molar-refractivity contribution in [3.8, 4) is 0 Å². The van der Waals surface area contributed by atoms with Crippen LogP contribution in [0, 0.1) is 9.49 Å². The number of nitrogens with two attached hydrogens (primary N) is 1. The molecule has 0 heterocycles. The molecule has 1 aliphatic rings. The Hall–Kier alpha value is -0.130. The van der Waals surface area contributed by atoms with Gasteiger partial charge >= 0.3 is 0 Å². The minimum atomic E-state index is 0.485. The van der Waals surface area contributed by atoms with Gasteiger partial charge < -0.3 is 5.73 Å². The van der Waals surface area contributed by atoms with Gasteiger partial charge in [0.1, 0.15) is 0 Å². The van der Waals surface area contributed by atoms with Gasteiger partial charge in [-0.25, -0.2) is 0 Å². The molecule has 1 aliphatic carbocycles. The van der Waals surface area contributed by atoms with Crippen molar-refractivity contribution in [3.05, 3.63) is 33.4 Å². The lowest BCUT2D eigenvalue weighted by Gasteiger charge is -2.37. The zero-order valence-corrected chi connectivity index (χ0v) is 14.1. The number of hydrogen-bond donors (Lipinski definition) is 1. The molecule has 0 amide bonds. The van der Waals surface area contributed by atoms with Gasteiger partial charge in [-0.15, -0.1) is 0 Å². The highest BCUT2D eigenvalue weighted by Gasteiger charge is 2.32. The van der Waals surface area contributed by atoms with Crippen LogP contribution in [0.15, 0.2) is 24.3 Å². The van der Waals surface area contributed by atoms with Gasteiger partial charge in [0.15, 0.2) is 0 Å². The van der Waals surface area contributed by atoms with Gasteiger partial charge in [0.25, 0.3) is 0 Å². The first-order valence-electron chi connectivity index (χ1n) is 7.38. The van der Waals surface area contributed by atoms with Crippen LogP contribution in [0.5, 0.6) is 0 Å². The second-order valence-corrected chi connectivity index (χ2v) is 6.80. The van der Waals surface area contributed by atoms with Gasteiger partial charge in [-0.05, 0) is 79.1 Å². The predicted molar refractivity (Wildman–Crippen MR) is 90.1 cm³/mol. The lowest BCUT2D eigenvalue weighted by atomic mass is 9.98. The van der Waals surface area contributed by atoms with Crippen molar-refractivity contribution >= 4 is 22.6 Å². The fourth-order valence-corrected chi connectivity index (χ4v) is 3.82. The van der Waals surface area contributed by atoms with E-state index in [1.807, 2.05) is 0 Å². The molecular weight excluding hydrogens is 347 g/mol. The van der Waals surface area contributed by atoms with E-state index in [0.29, 0.717) is 18.0 Å². The molecule has 2 rings (SSSR count). The van der Waals surface area contributed by atoms with Crippen LogP contribution in [-0.2, 0) is 0 Å². The molecule has 3 unspecified atom stereocenters. The zero-order chi connectivity index (χ0) is 13.8. The molecule has 0 radical (unpaired) electrons. The second kappa shape index (κ2) is 7.04. The molecule has 0 bridgehead atoms. The maximum atomic E-state index is 5.95. The molecule has 2 N–H and O–H groups in total. The SMILES string of the molecule is CCN(C(C)c1ccc(I)cc1)C1CCCC1CN. The molecule has 3 atom stereocenters. The normalized spacial score (nSPS) is 24.9. The van der Waals surface area contributed by atoms with E-state index in [1.54, 1.807) is 0 Å². The number of halogens is 1. The Morgan fingerprint density at radius 2 is 2.00 bits per heavy atom. The van der Waals surface area contributed by atoms with Crippen LogP contribution in [0.25, 0.3) is 0 Å². The van der Waals surface area contributed by atoms with Gasteiger partial charge in [0.2, 0.25) is 0 Å². The van der Waals surface area contributed by atoms with Crippen LogP contribution in [0.2, 0.25) is 0 Å². The average Bonchev–Trinajstić information content (AvgIpc) is 2.88. The van der Waals surface area contributed by atoms with E-state index >= 15 is 0 Å². The molecule has 1 aromatic rings. The lowest BCUT2D eigenvalue weighted by molar-refractivity contribution is 0.123. The van der Waals surface area contributed by atoms with Gasteiger partial charge in [-0.1, -0.05) is 25.5 Å². The molecule has 0 spiro atoms. The van der Waals surface area contributed by atoms with E-state index in [1.165, 1.54) is 28.4 Å². The summed E-state index contributed by atoms with van der Waals surface area (Å²) in [7, 11) is 0. The topological polar surface area (TPSA) is 29.3 Å². The average molecular weight is 372 g/mol. The summed E-state index contributed by atoms with van der Waals surface area (Å²) < 4.78 is 1.30. The van der Waals surface area contributed by atoms with Crippen LogP contribution < -0.4 is 5.73 Å². The summed E-state index contributed by atoms with van der Waals surface area (Å²) in [6.45, 7) is 6.54. The molecule has 106 valence electrons. The summed E-state index contributed by atoms with van der Waals surface area (Å²) in [5, 5.41) is 0. The van der Waals surface area contributed by atoms with E-state index in [-0.39, 0.29) is 0 Å². The lowest BCUT2D eigenvalue weighted by Crippen LogP contribution is -2.41. The van der Waals surface area contributed by atoms with Crippen molar-refractivity contribution in [1.29, 1.82) is 0 Å². The molecular formula is C16H25IN2. The van der Waals surface area contributed by atoms with Crippen LogP contribution >= 0.6 is 22.6 Å². The Labute approximate surface area is 130 Å². The predicted octanol–water partition coefficient (Wildman–Crippen LogP) is 3.80. The maximum absolute atomic E-state index is 5.95. The molecule has 0 aromatic heterocycles. The minimum absolute atomic E-state index is 0.485. The third kappa shape index (κ3) is 3.50. The van der Waals surface area contributed by atoms with Crippen LogP contribution in [0.1, 0.15) is 44.7 Å². The van der Waals surface area contributed by atoms with E-state index in [4.69, 9.17) is 5.73 Å². The minimum Gasteiger partial charge on any atom is -0.330 e.